The van der Waals surface area contributed by atoms with Gasteiger partial charge in [0.2, 0.25) is 0 Å². The summed E-state index contributed by atoms with van der Waals surface area (Å²) in [5.74, 6) is -0.707. The minimum atomic E-state index is -1.16. The van der Waals surface area contributed by atoms with E-state index in [1.807, 2.05) is 0 Å². The zero-order chi connectivity index (χ0) is 14.1. The van der Waals surface area contributed by atoms with Crippen LogP contribution in [-0.2, 0) is 4.79 Å². The number of aliphatic carboxylic acids is 1. The largest absolute Gasteiger partial charge is 0.480 e. The van der Waals surface area contributed by atoms with Crippen molar-refractivity contribution in [3.8, 4) is 6.07 Å². The molecule has 0 fully saturated rings. The fourth-order valence-corrected chi connectivity index (χ4v) is 1.37. The van der Waals surface area contributed by atoms with E-state index in [0.717, 1.165) is 5.56 Å². The van der Waals surface area contributed by atoms with Crippen LogP contribution >= 0.6 is 0 Å². The molecule has 0 bridgehead atoms. The predicted octanol–water partition coefficient (Wildman–Crippen LogP) is 1.26. The first-order valence-electron chi connectivity index (χ1n) is 5.44. The maximum atomic E-state index is 11.2. The Kier molecular flexibility index (Phi) is 3.56. The van der Waals surface area contributed by atoms with Crippen LogP contribution in [0.4, 0.5) is 5.82 Å². The van der Waals surface area contributed by atoms with Crippen LogP contribution in [0, 0.1) is 25.2 Å². The van der Waals surface area contributed by atoms with Gasteiger partial charge in [0.1, 0.15) is 17.2 Å². The third-order valence-corrected chi connectivity index (χ3v) is 3.23. The molecule has 0 radical (unpaired) electrons. The number of aryl methyl sites for hydroxylation is 1. The van der Waals surface area contributed by atoms with E-state index in [1.165, 1.54) is 4.90 Å². The highest BCUT2D eigenvalue weighted by Crippen LogP contribution is 2.26. The summed E-state index contributed by atoms with van der Waals surface area (Å²) in [5, 5.41) is 26.3. The van der Waals surface area contributed by atoms with E-state index in [0.29, 0.717) is 11.3 Å². The molecular formula is C12H16N4O2. The molecule has 1 N–H and O–H groups in total. The van der Waals surface area contributed by atoms with Crippen molar-refractivity contribution < 1.29 is 9.90 Å². The summed E-state index contributed by atoms with van der Waals surface area (Å²) in [4.78, 5) is 12.7. The second-order valence-electron chi connectivity index (χ2n) is 4.64. The van der Waals surface area contributed by atoms with Gasteiger partial charge in [0.05, 0.1) is 5.69 Å². The van der Waals surface area contributed by atoms with Crippen molar-refractivity contribution >= 4 is 11.8 Å². The maximum Gasteiger partial charge on any atom is 0.328 e. The van der Waals surface area contributed by atoms with E-state index < -0.39 is 11.5 Å². The molecule has 0 aliphatic carbocycles. The van der Waals surface area contributed by atoms with Crippen LogP contribution in [-0.4, -0.2) is 33.9 Å². The van der Waals surface area contributed by atoms with Crippen molar-refractivity contribution in [1.82, 2.24) is 10.2 Å². The number of rotatable bonds is 3. The molecule has 1 aromatic rings. The molecule has 0 atom stereocenters. The number of carbonyl (C=O) groups is 1. The van der Waals surface area contributed by atoms with Gasteiger partial charge >= 0.3 is 5.97 Å². The highest BCUT2D eigenvalue weighted by atomic mass is 16.4. The Balaban J connectivity index is 3.40. The normalized spacial score (nSPS) is 10.9. The molecule has 18 heavy (non-hydrogen) atoms. The number of aromatic nitrogens is 2. The van der Waals surface area contributed by atoms with Crippen molar-refractivity contribution in [2.24, 2.45) is 0 Å². The summed E-state index contributed by atoms with van der Waals surface area (Å²) < 4.78 is 0. The zero-order valence-electron chi connectivity index (χ0n) is 11.1. The number of carboxylic acid groups (broad SMARTS) is 1. The van der Waals surface area contributed by atoms with Crippen LogP contribution in [0.1, 0.15) is 30.7 Å². The molecule has 0 aliphatic heterocycles. The van der Waals surface area contributed by atoms with Gasteiger partial charge < -0.3 is 10.0 Å². The number of nitriles is 1. The van der Waals surface area contributed by atoms with Crippen LogP contribution in [0.3, 0.4) is 0 Å². The lowest BCUT2D eigenvalue weighted by Gasteiger charge is -2.32. The second kappa shape index (κ2) is 4.61. The summed E-state index contributed by atoms with van der Waals surface area (Å²) in [6.45, 7) is 6.63. The topological polar surface area (TPSA) is 90.1 Å². The molecule has 6 heteroatoms. The SMILES string of the molecule is Cc1nnc(N(C)C(C)(C)C(=O)O)c(C#N)c1C. The number of likely N-dealkylation sites (N-methyl/N-ethyl adjacent to an activating group) is 1. The van der Waals surface area contributed by atoms with Gasteiger partial charge in [0.25, 0.3) is 0 Å². The predicted molar refractivity (Wildman–Crippen MR) is 66.3 cm³/mol. The number of carboxylic acids is 1. The molecule has 1 rings (SSSR count). The number of anilines is 1. The highest BCUT2D eigenvalue weighted by Gasteiger charge is 2.34. The van der Waals surface area contributed by atoms with Crippen molar-refractivity contribution in [3.05, 3.63) is 16.8 Å². The first kappa shape index (κ1) is 13.9. The van der Waals surface area contributed by atoms with Gasteiger partial charge in [0.15, 0.2) is 5.82 Å². The van der Waals surface area contributed by atoms with Gasteiger partial charge in [-0.1, -0.05) is 0 Å². The molecule has 0 saturated carbocycles. The van der Waals surface area contributed by atoms with E-state index in [-0.39, 0.29) is 5.82 Å². The first-order chi connectivity index (χ1) is 8.23. The molecule has 0 saturated heterocycles. The van der Waals surface area contributed by atoms with Gasteiger partial charge in [-0.15, -0.1) is 5.10 Å². The summed E-state index contributed by atoms with van der Waals surface area (Å²) >= 11 is 0. The average molecular weight is 248 g/mol. The third-order valence-electron chi connectivity index (χ3n) is 3.23. The molecule has 0 aliphatic rings. The Morgan fingerprint density at radius 1 is 1.39 bits per heavy atom. The Morgan fingerprint density at radius 3 is 2.39 bits per heavy atom. The van der Waals surface area contributed by atoms with Crippen molar-refractivity contribution in [2.75, 3.05) is 11.9 Å². The maximum absolute atomic E-state index is 11.2. The van der Waals surface area contributed by atoms with Gasteiger partial charge in [0, 0.05) is 7.05 Å². The van der Waals surface area contributed by atoms with E-state index >= 15 is 0 Å². The summed E-state index contributed by atoms with van der Waals surface area (Å²) in [6, 6.07) is 2.06. The van der Waals surface area contributed by atoms with E-state index in [1.54, 1.807) is 34.7 Å². The Hall–Kier alpha value is -2.16. The van der Waals surface area contributed by atoms with E-state index in [9.17, 15) is 15.2 Å². The molecule has 1 heterocycles. The minimum Gasteiger partial charge on any atom is -0.480 e. The van der Waals surface area contributed by atoms with Crippen molar-refractivity contribution in [3.63, 3.8) is 0 Å². The number of nitrogens with zero attached hydrogens (tertiary/aromatic N) is 4. The summed E-state index contributed by atoms with van der Waals surface area (Å²) in [7, 11) is 1.59. The smallest absolute Gasteiger partial charge is 0.328 e. The summed E-state index contributed by atoms with van der Waals surface area (Å²) in [6.07, 6.45) is 0. The van der Waals surface area contributed by atoms with Crippen LogP contribution in [0.2, 0.25) is 0 Å². The summed E-state index contributed by atoms with van der Waals surface area (Å²) in [5.41, 5.74) is 0.578. The highest BCUT2D eigenvalue weighted by molar-refractivity contribution is 5.82. The van der Waals surface area contributed by atoms with Crippen molar-refractivity contribution in [1.29, 1.82) is 5.26 Å². The monoisotopic (exact) mass is 248 g/mol. The molecule has 0 spiro atoms. The number of hydrogen-bond donors (Lipinski definition) is 1. The molecule has 1 aromatic heterocycles. The van der Waals surface area contributed by atoms with Crippen LogP contribution in [0.5, 0.6) is 0 Å². The molecule has 0 unspecified atom stereocenters. The van der Waals surface area contributed by atoms with E-state index in [2.05, 4.69) is 16.3 Å². The second-order valence-corrected chi connectivity index (χ2v) is 4.64. The minimum absolute atomic E-state index is 0.285. The van der Waals surface area contributed by atoms with Gasteiger partial charge in [-0.05, 0) is 33.3 Å². The fraction of sp³-hybridized carbons (Fsp3) is 0.500. The lowest BCUT2D eigenvalue weighted by atomic mass is 10.0. The Bertz CT molecular complexity index is 532. The third kappa shape index (κ3) is 2.12. The van der Waals surface area contributed by atoms with Crippen molar-refractivity contribution in [2.45, 2.75) is 33.2 Å². The lowest BCUT2D eigenvalue weighted by molar-refractivity contribution is -0.142. The zero-order valence-corrected chi connectivity index (χ0v) is 11.1. The number of hydrogen-bond acceptors (Lipinski definition) is 5. The van der Waals surface area contributed by atoms with Crippen LogP contribution < -0.4 is 4.90 Å². The molecule has 0 amide bonds. The lowest BCUT2D eigenvalue weighted by Crippen LogP contribution is -2.49. The van der Waals surface area contributed by atoms with Crippen LogP contribution in [0.25, 0.3) is 0 Å². The molecule has 6 nitrogen and oxygen atoms in total. The Morgan fingerprint density at radius 2 is 1.94 bits per heavy atom. The van der Waals surface area contributed by atoms with Crippen LogP contribution in [0.15, 0.2) is 0 Å². The van der Waals surface area contributed by atoms with E-state index in [4.69, 9.17) is 0 Å². The Labute approximate surface area is 106 Å². The van der Waals surface area contributed by atoms with Gasteiger partial charge in [-0.25, -0.2) is 4.79 Å². The standard InChI is InChI=1S/C12H16N4O2/c1-7-8(2)14-15-10(9(7)6-13)16(5)12(3,4)11(17)18/h1-5H3,(H,17,18). The molecular weight excluding hydrogens is 232 g/mol. The van der Waals surface area contributed by atoms with Gasteiger partial charge in [-0.3, -0.25) is 0 Å². The average Bonchev–Trinajstić information content (AvgIpc) is 2.31. The quantitative estimate of drug-likeness (QED) is 0.866. The molecule has 96 valence electrons. The molecule has 0 aromatic carbocycles. The fourth-order valence-electron chi connectivity index (χ4n) is 1.37. The van der Waals surface area contributed by atoms with Gasteiger partial charge in [-0.2, -0.15) is 10.4 Å². The first-order valence-corrected chi connectivity index (χ1v) is 5.44.